The molecule has 4 heteroatoms. The monoisotopic (exact) mass is 265 g/mol. The number of pyridine rings is 1. The maximum absolute atomic E-state index is 5.93. The Morgan fingerprint density at radius 3 is 2.63 bits per heavy atom. The van der Waals surface area contributed by atoms with E-state index in [9.17, 15) is 0 Å². The Hall–Kier alpha value is -1.13. The normalized spacial score (nSPS) is 11.0. The van der Waals surface area contributed by atoms with Crippen molar-refractivity contribution in [2.75, 3.05) is 32.8 Å². The van der Waals surface area contributed by atoms with Gasteiger partial charge in [0.05, 0.1) is 0 Å². The summed E-state index contributed by atoms with van der Waals surface area (Å²) in [6, 6.07) is 2.02. The lowest BCUT2D eigenvalue weighted by Crippen LogP contribution is -2.28. The van der Waals surface area contributed by atoms with Gasteiger partial charge in [-0.1, -0.05) is 20.8 Å². The summed E-state index contributed by atoms with van der Waals surface area (Å²) in [7, 11) is 0. The zero-order chi connectivity index (χ0) is 14.1. The van der Waals surface area contributed by atoms with E-state index in [1.807, 2.05) is 19.2 Å². The predicted octanol–water partition coefficient (Wildman–Crippen LogP) is 2.22. The van der Waals surface area contributed by atoms with Crippen molar-refractivity contribution < 1.29 is 4.74 Å². The fourth-order valence-electron chi connectivity index (χ4n) is 1.91. The fraction of sp³-hybridized carbons (Fsp3) is 0.667. The first kappa shape index (κ1) is 15.9. The maximum Gasteiger partial charge on any atom is 0.127 e. The molecule has 0 radical (unpaired) electrons. The smallest absolute Gasteiger partial charge is 0.127 e. The number of likely N-dealkylation sites (N-methyl/N-ethyl adjacent to an activating group) is 1. The van der Waals surface area contributed by atoms with Crippen molar-refractivity contribution >= 4 is 0 Å². The summed E-state index contributed by atoms with van der Waals surface area (Å²) in [6.45, 7) is 14.0. The Morgan fingerprint density at radius 1 is 1.26 bits per heavy atom. The number of aryl methyl sites for hydroxylation is 1. The van der Waals surface area contributed by atoms with Crippen LogP contribution in [-0.2, 0) is 6.54 Å². The molecule has 108 valence electrons. The molecule has 4 nitrogen and oxygen atoms in total. The average molecular weight is 265 g/mol. The first-order valence-corrected chi connectivity index (χ1v) is 7.22. The van der Waals surface area contributed by atoms with Crippen LogP contribution in [-0.4, -0.2) is 42.7 Å². The molecule has 0 spiro atoms. The van der Waals surface area contributed by atoms with Crippen molar-refractivity contribution in [2.45, 2.75) is 34.2 Å². The molecule has 0 aliphatic carbocycles. The van der Waals surface area contributed by atoms with Gasteiger partial charge in [-0.15, -0.1) is 0 Å². The molecule has 19 heavy (non-hydrogen) atoms. The minimum atomic E-state index is 0.726. The van der Waals surface area contributed by atoms with Gasteiger partial charge in [0, 0.05) is 36.6 Å². The molecule has 0 bridgehead atoms. The van der Waals surface area contributed by atoms with E-state index < -0.39 is 0 Å². The molecule has 1 N–H and O–H groups in total. The highest BCUT2D eigenvalue weighted by molar-refractivity contribution is 5.32. The van der Waals surface area contributed by atoms with Crippen LogP contribution in [0, 0.1) is 6.92 Å². The summed E-state index contributed by atoms with van der Waals surface area (Å²) in [5.74, 6) is 0.959. The van der Waals surface area contributed by atoms with E-state index in [2.05, 4.69) is 36.0 Å². The molecule has 1 rings (SSSR count). The summed E-state index contributed by atoms with van der Waals surface area (Å²) < 4.78 is 5.93. The van der Waals surface area contributed by atoms with Gasteiger partial charge in [0.15, 0.2) is 0 Å². The van der Waals surface area contributed by atoms with E-state index in [-0.39, 0.29) is 0 Å². The summed E-state index contributed by atoms with van der Waals surface area (Å²) >= 11 is 0. The largest absolute Gasteiger partial charge is 0.492 e. The maximum atomic E-state index is 5.93. The average Bonchev–Trinajstić information content (AvgIpc) is 2.42. The van der Waals surface area contributed by atoms with E-state index in [0.717, 1.165) is 56.3 Å². The Balaban J connectivity index is 2.57. The number of nitrogens with zero attached hydrogens (tertiary/aromatic N) is 2. The fourth-order valence-corrected chi connectivity index (χ4v) is 1.91. The van der Waals surface area contributed by atoms with Crippen LogP contribution in [0.15, 0.2) is 12.3 Å². The van der Waals surface area contributed by atoms with E-state index in [1.165, 1.54) is 0 Å². The highest BCUT2D eigenvalue weighted by Crippen LogP contribution is 2.18. The van der Waals surface area contributed by atoms with Crippen LogP contribution >= 0.6 is 0 Å². The summed E-state index contributed by atoms with van der Waals surface area (Å²) in [5.41, 5.74) is 2.13. The standard InChI is InChI=1S/C15H27N3O/c1-5-16-11-14-12-17-13(4)10-15(14)19-9-8-18(6-2)7-3/h10,12,16H,5-9,11H2,1-4H3. The van der Waals surface area contributed by atoms with Crippen LogP contribution in [0.25, 0.3) is 0 Å². The minimum Gasteiger partial charge on any atom is -0.492 e. The Labute approximate surface area is 117 Å². The van der Waals surface area contributed by atoms with E-state index in [0.29, 0.717) is 0 Å². The zero-order valence-corrected chi connectivity index (χ0v) is 12.7. The Kier molecular flexibility index (Phi) is 7.45. The molecule has 0 aliphatic heterocycles. The summed E-state index contributed by atoms with van der Waals surface area (Å²) in [5, 5.41) is 3.32. The Morgan fingerprint density at radius 2 is 2.00 bits per heavy atom. The predicted molar refractivity (Wildman–Crippen MR) is 79.6 cm³/mol. The van der Waals surface area contributed by atoms with Crippen LogP contribution in [0.1, 0.15) is 32.0 Å². The van der Waals surface area contributed by atoms with Gasteiger partial charge in [0.2, 0.25) is 0 Å². The second kappa shape index (κ2) is 8.88. The van der Waals surface area contributed by atoms with Gasteiger partial charge < -0.3 is 15.0 Å². The molecule has 0 aliphatic rings. The quantitative estimate of drug-likeness (QED) is 0.743. The van der Waals surface area contributed by atoms with Gasteiger partial charge in [-0.3, -0.25) is 4.98 Å². The number of aromatic nitrogens is 1. The molecule has 0 saturated heterocycles. The molecule has 0 unspecified atom stereocenters. The van der Waals surface area contributed by atoms with Gasteiger partial charge in [0.25, 0.3) is 0 Å². The van der Waals surface area contributed by atoms with Crippen molar-refractivity contribution in [1.29, 1.82) is 0 Å². The van der Waals surface area contributed by atoms with Gasteiger partial charge in [-0.25, -0.2) is 0 Å². The van der Waals surface area contributed by atoms with Crippen molar-refractivity contribution in [3.05, 3.63) is 23.5 Å². The van der Waals surface area contributed by atoms with Gasteiger partial charge in [-0.2, -0.15) is 0 Å². The lowest BCUT2D eigenvalue weighted by molar-refractivity contribution is 0.221. The molecule has 0 atom stereocenters. The number of ether oxygens (including phenoxy) is 1. The van der Waals surface area contributed by atoms with Crippen LogP contribution in [0.2, 0.25) is 0 Å². The van der Waals surface area contributed by atoms with Gasteiger partial charge >= 0.3 is 0 Å². The van der Waals surface area contributed by atoms with Gasteiger partial charge in [0.1, 0.15) is 12.4 Å². The van der Waals surface area contributed by atoms with Crippen LogP contribution < -0.4 is 10.1 Å². The molecule has 0 amide bonds. The highest BCUT2D eigenvalue weighted by Gasteiger charge is 2.06. The second-order valence-electron chi connectivity index (χ2n) is 4.59. The first-order valence-electron chi connectivity index (χ1n) is 7.22. The third-order valence-corrected chi connectivity index (χ3v) is 3.21. The van der Waals surface area contributed by atoms with Crippen molar-refractivity contribution in [2.24, 2.45) is 0 Å². The molecule has 1 aromatic rings. The minimum absolute atomic E-state index is 0.726. The second-order valence-corrected chi connectivity index (χ2v) is 4.59. The van der Waals surface area contributed by atoms with Crippen molar-refractivity contribution in [3.63, 3.8) is 0 Å². The van der Waals surface area contributed by atoms with E-state index in [4.69, 9.17) is 4.74 Å². The lowest BCUT2D eigenvalue weighted by Gasteiger charge is -2.19. The molecule has 0 fully saturated rings. The number of hydrogen-bond donors (Lipinski definition) is 1. The Bertz CT molecular complexity index is 364. The summed E-state index contributed by atoms with van der Waals surface area (Å²) in [4.78, 5) is 6.70. The zero-order valence-electron chi connectivity index (χ0n) is 12.7. The lowest BCUT2D eigenvalue weighted by atomic mass is 10.2. The third-order valence-electron chi connectivity index (χ3n) is 3.21. The van der Waals surface area contributed by atoms with Crippen LogP contribution in [0.5, 0.6) is 5.75 Å². The SMILES string of the molecule is CCNCc1cnc(C)cc1OCCN(CC)CC. The third kappa shape index (κ3) is 5.57. The van der Waals surface area contributed by atoms with E-state index in [1.54, 1.807) is 0 Å². The molecule has 1 aromatic heterocycles. The number of hydrogen-bond acceptors (Lipinski definition) is 4. The molecule has 0 aromatic carbocycles. The first-order chi connectivity index (χ1) is 9.21. The van der Waals surface area contributed by atoms with E-state index >= 15 is 0 Å². The topological polar surface area (TPSA) is 37.4 Å². The van der Waals surface area contributed by atoms with Crippen molar-refractivity contribution in [1.82, 2.24) is 15.2 Å². The molecule has 1 heterocycles. The van der Waals surface area contributed by atoms with Gasteiger partial charge in [-0.05, 0) is 26.6 Å². The molecular formula is C15H27N3O. The van der Waals surface area contributed by atoms with Crippen molar-refractivity contribution in [3.8, 4) is 5.75 Å². The molecule has 0 saturated carbocycles. The number of rotatable bonds is 9. The highest BCUT2D eigenvalue weighted by atomic mass is 16.5. The van der Waals surface area contributed by atoms with Crippen LogP contribution in [0.4, 0.5) is 0 Å². The number of nitrogens with one attached hydrogen (secondary N) is 1. The molecular weight excluding hydrogens is 238 g/mol. The van der Waals surface area contributed by atoms with Crippen LogP contribution in [0.3, 0.4) is 0 Å². The summed E-state index contributed by atoms with van der Waals surface area (Å²) in [6.07, 6.45) is 1.91.